The van der Waals surface area contributed by atoms with E-state index in [9.17, 15) is 0 Å². The maximum atomic E-state index is 6.33. The lowest BCUT2D eigenvalue weighted by Crippen LogP contribution is -2.22. The summed E-state index contributed by atoms with van der Waals surface area (Å²) in [5, 5.41) is 5.31. The third-order valence-corrected chi connectivity index (χ3v) is 4.08. The monoisotopic (exact) mass is 343 g/mol. The fourth-order valence-electron chi connectivity index (χ4n) is 2.20. The van der Waals surface area contributed by atoms with Crippen molar-refractivity contribution in [1.82, 2.24) is 5.32 Å². The zero-order valence-corrected chi connectivity index (χ0v) is 14.1. The second-order valence-corrected chi connectivity index (χ2v) is 5.80. The highest BCUT2D eigenvalue weighted by molar-refractivity contribution is 6.33. The van der Waals surface area contributed by atoms with E-state index in [4.69, 9.17) is 39.5 Å². The molecule has 1 atom stereocenters. The normalized spacial score (nSPS) is 12.2. The summed E-state index contributed by atoms with van der Waals surface area (Å²) in [5.41, 5.74) is 1.94. The number of nitrogens with one attached hydrogen (secondary N) is 1. The second kappa shape index (κ2) is 7.37. The Morgan fingerprint density at radius 2 is 1.76 bits per heavy atom. The lowest BCUT2D eigenvalue weighted by atomic mass is 9.98. The summed E-state index contributed by atoms with van der Waals surface area (Å²) in [5.74, 6) is 0.634. The van der Waals surface area contributed by atoms with Gasteiger partial charge in [-0.25, -0.2) is 0 Å². The van der Waals surface area contributed by atoms with E-state index in [0.717, 1.165) is 17.7 Å². The molecule has 112 valence electrons. The van der Waals surface area contributed by atoms with Crippen LogP contribution in [-0.2, 0) is 0 Å². The first-order valence-corrected chi connectivity index (χ1v) is 7.72. The summed E-state index contributed by atoms with van der Waals surface area (Å²) in [6.45, 7) is 2.83. The lowest BCUT2D eigenvalue weighted by Gasteiger charge is -2.21. The van der Waals surface area contributed by atoms with Gasteiger partial charge in [0.2, 0.25) is 0 Å². The molecule has 0 radical (unpaired) electrons. The molecule has 2 aromatic rings. The van der Waals surface area contributed by atoms with Gasteiger partial charge in [-0.3, -0.25) is 0 Å². The van der Waals surface area contributed by atoms with E-state index in [-0.39, 0.29) is 6.04 Å². The molecule has 0 aliphatic rings. The van der Waals surface area contributed by atoms with Gasteiger partial charge in [-0.15, -0.1) is 0 Å². The minimum atomic E-state index is -0.0765. The highest BCUT2D eigenvalue weighted by Crippen LogP contribution is 2.34. The molecule has 0 aliphatic heterocycles. The fourth-order valence-corrected chi connectivity index (χ4v) is 2.81. The van der Waals surface area contributed by atoms with Crippen LogP contribution in [0.5, 0.6) is 5.75 Å². The van der Waals surface area contributed by atoms with Gasteiger partial charge in [-0.05, 0) is 48.0 Å². The topological polar surface area (TPSA) is 21.3 Å². The van der Waals surface area contributed by atoms with E-state index in [0.29, 0.717) is 20.8 Å². The smallest absolute Gasteiger partial charge is 0.137 e. The molecule has 0 saturated heterocycles. The Bertz CT molecular complexity index is 631. The van der Waals surface area contributed by atoms with Crippen molar-refractivity contribution in [2.75, 3.05) is 13.7 Å². The van der Waals surface area contributed by atoms with Crippen LogP contribution < -0.4 is 10.1 Å². The maximum absolute atomic E-state index is 6.33. The number of hydrogen-bond acceptors (Lipinski definition) is 2. The van der Waals surface area contributed by atoms with E-state index >= 15 is 0 Å². The lowest BCUT2D eigenvalue weighted by molar-refractivity contribution is 0.414. The van der Waals surface area contributed by atoms with E-state index in [2.05, 4.69) is 5.32 Å². The first-order chi connectivity index (χ1) is 10.1. The molecule has 0 saturated carbocycles. The van der Waals surface area contributed by atoms with Crippen molar-refractivity contribution in [3.63, 3.8) is 0 Å². The quantitative estimate of drug-likeness (QED) is 0.789. The van der Waals surface area contributed by atoms with Gasteiger partial charge in [-0.2, -0.15) is 0 Å². The van der Waals surface area contributed by atoms with Crippen LogP contribution in [0, 0.1) is 0 Å². The molecule has 5 heteroatoms. The Morgan fingerprint density at radius 1 is 1.05 bits per heavy atom. The van der Waals surface area contributed by atoms with Crippen molar-refractivity contribution in [2.24, 2.45) is 0 Å². The van der Waals surface area contributed by atoms with Crippen LogP contribution in [0.4, 0.5) is 0 Å². The van der Waals surface area contributed by atoms with Crippen LogP contribution >= 0.6 is 34.8 Å². The molecule has 0 aliphatic carbocycles. The molecule has 1 N–H and O–H groups in total. The van der Waals surface area contributed by atoms with Crippen LogP contribution in [0.1, 0.15) is 24.1 Å². The standard InChI is InChI=1S/C16H16Cl3NO/c1-3-20-16(12-9-11(17)5-7-13(12)18)10-4-6-14(19)15(8-10)21-2/h4-9,16,20H,3H2,1-2H3. The molecule has 0 aromatic heterocycles. The van der Waals surface area contributed by atoms with Crippen LogP contribution in [0.25, 0.3) is 0 Å². The molecule has 2 rings (SSSR count). The number of halogens is 3. The van der Waals surface area contributed by atoms with Gasteiger partial charge in [0.15, 0.2) is 0 Å². The average Bonchev–Trinajstić information content (AvgIpc) is 2.48. The van der Waals surface area contributed by atoms with Gasteiger partial charge in [0.1, 0.15) is 5.75 Å². The zero-order chi connectivity index (χ0) is 15.4. The predicted octanol–water partition coefficient (Wildman–Crippen LogP) is 5.35. The largest absolute Gasteiger partial charge is 0.495 e. The maximum Gasteiger partial charge on any atom is 0.137 e. The molecule has 0 spiro atoms. The average molecular weight is 345 g/mol. The molecule has 2 aromatic carbocycles. The third kappa shape index (κ3) is 3.83. The van der Waals surface area contributed by atoms with Gasteiger partial charge < -0.3 is 10.1 Å². The van der Waals surface area contributed by atoms with Crippen LogP contribution in [0.2, 0.25) is 15.1 Å². The Kier molecular flexibility index (Phi) is 5.77. The van der Waals surface area contributed by atoms with Crippen molar-refractivity contribution in [3.05, 3.63) is 62.6 Å². The van der Waals surface area contributed by atoms with E-state index in [1.54, 1.807) is 19.2 Å². The Morgan fingerprint density at radius 3 is 2.43 bits per heavy atom. The first kappa shape index (κ1) is 16.4. The second-order valence-electron chi connectivity index (χ2n) is 4.55. The number of rotatable bonds is 5. The summed E-state index contributed by atoms with van der Waals surface area (Å²) in [7, 11) is 1.60. The third-order valence-electron chi connectivity index (χ3n) is 3.19. The summed E-state index contributed by atoms with van der Waals surface area (Å²) in [6.07, 6.45) is 0. The highest BCUT2D eigenvalue weighted by Gasteiger charge is 2.18. The van der Waals surface area contributed by atoms with Gasteiger partial charge in [-0.1, -0.05) is 47.8 Å². The fraction of sp³-hybridized carbons (Fsp3) is 0.250. The molecule has 0 fully saturated rings. The Labute approximate surface area is 140 Å². The molecule has 2 nitrogen and oxygen atoms in total. The van der Waals surface area contributed by atoms with E-state index < -0.39 is 0 Å². The van der Waals surface area contributed by atoms with E-state index in [1.165, 1.54) is 0 Å². The van der Waals surface area contributed by atoms with Crippen LogP contribution in [-0.4, -0.2) is 13.7 Å². The van der Waals surface area contributed by atoms with Crippen LogP contribution in [0.3, 0.4) is 0 Å². The van der Waals surface area contributed by atoms with Crippen molar-refractivity contribution < 1.29 is 4.74 Å². The summed E-state index contributed by atoms with van der Waals surface area (Å²) < 4.78 is 5.29. The van der Waals surface area contributed by atoms with Gasteiger partial charge in [0.05, 0.1) is 18.2 Å². The molecular formula is C16H16Cl3NO. The highest BCUT2D eigenvalue weighted by atomic mass is 35.5. The molecule has 0 amide bonds. The summed E-state index contributed by atoms with van der Waals surface area (Å²) in [6, 6.07) is 11.1. The molecule has 21 heavy (non-hydrogen) atoms. The van der Waals surface area contributed by atoms with Crippen molar-refractivity contribution in [3.8, 4) is 5.75 Å². The van der Waals surface area contributed by atoms with Crippen LogP contribution in [0.15, 0.2) is 36.4 Å². The molecular weight excluding hydrogens is 329 g/mol. The van der Waals surface area contributed by atoms with Crippen molar-refractivity contribution in [2.45, 2.75) is 13.0 Å². The zero-order valence-electron chi connectivity index (χ0n) is 11.8. The van der Waals surface area contributed by atoms with Crippen molar-refractivity contribution in [1.29, 1.82) is 0 Å². The number of methoxy groups -OCH3 is 1. The minimum absolute atomic E-state index is 0.0765. The first-order valence-electron chi connectivity index (χ1n) is 6.58. The van der Waals surface area contributed by atoms with Crippen molar-refractivity contribution >= 4 is 34.8 Å². The predicted molar refractivity (Wildman–Crippen MR) is 90.0 cm³/mol. The van der Waals surface area contributed by atoms with Gasteiger partial charge in [0, 0.05) is 10.0 Å². The Balaban J connectivity index is 2.50. The molecule has 0 bridgehead atoms. The molecule has 0 heterocycles. The van der Waals surface area contributed by atoms with Gasteiger partial charge >= 0.3 is 0 Å². The van der Waals surface area contributed by atoms with Gasteiger partial charge in [0.25, 0.3) is 0 Å². The van der Waals surface area contributed by atoms with E-state index in [1.807, 2.05) is 31.2 Å². The molecule has 1 unspecified atom stereocenters. The minimum Gasteiger partial charge on any atom is -0.495 e. The number of benzene rings is 2. The summed E-state index contributed by atoms with van der Waals surface area (Å²) in [4.78, 5) is 0. The number of hydrogen-bond donors (Lipinski definition) is 1. The Hall–Kier alpha value is -0.930. The summed E-state index contributed by atoms with van der Waals surface area (Å²) >= 11 is 18.5. The SMILES string of the molecule is CCNC(c1ccc(Cl)c(OC)c1)c1cc(Cl)ccc1Cl. The number of ether oxygens (including phenoxy) is 1.